The number of ether oxygens (including phenoxy) is 2. The molecule has 0 saturated heterocycles. The molecule has 37 heavy (non-hydrogen) atoms. The Balaban J connectivity index is 1.44. The molecule has 4 nitrogen and oxygen atoms in total. The van der Waals surface area contributed by atoms with Crippen LogP contribution in [0.3, 0.4) is 0 Å². The van der Waals surface area contributed by atoms with Crippen molar-refractivity contribution in [3.05, 3.63) is 65.7 Å². The highest BCUT2D eigenvalue weighted by Crippen LogP contribution is 2.36. The van der Waals surface area contributed by atoms with Crippen molar-refractivity contribution < 1.29 is 19.1 Å². The van der Waals surface area contributed by atoms with E-state index in [-0.39, 0.29) is 10.8 Å². The zero-order valence-corrected chi connectivity index (χ0v) is 24.3. The largest absolute Gasteiger partial charge is 0.491 e. The number of aliphatic hydroxyl groups is 1. The summed E-state index contributed by atoms with van der Waals surface area (Å²) in [5.74, 6) is 0.865. The van der Waals surface area contributed by atoms with Gasteiger partial charge in [0, 0.05) is 5.56 Å². The molecule has 0 spiro atoms. The van der Waals surface area contributed by atoms with E-state index < -0.39 is 6.10 Å². The average molecular weight is 511 g/mol. The summed E-state index contributed by atoms with van der Waals surface area (Å²) in [5, 5.41) is 10.9. The van der Waals surface area contributed by atoms with E-state index in [9.17, 15) is 5.11 Å². The van der Waals surface area contributed by atoms with Crippen LogP contribution >= 0.6 is 0 Å². The molecule has 0 radical (unpaired) electrons. The second-order valence-corrected chi connectivity index (χ2v) is 13.3. The molecular weight excluding hydrogens is 458 g/mol. The third-order valence-electron chi connectivity index (χ3n) is 7.89. The molecule has 206 valence electrons. The van der Waals surface area contributed by atoms with Crippen molar-refractivity contribution in [1.82, 2.24) is 0 Å². The first-order valence-electron chi connectivity index (χ1n) is 14.3. The van der Waals surface area contributed by atoms with Gasteiger partial charge < -0.3 is 19.1 Å². The van der Waals surface area contributed by atoms with E-state index in [1.54, 1.807) is 0 Å². The molecular formula is C33H52NO3+. The normalized spacial score (nSPS) is 17.8. The van der Waals surface area contributed by atoms with Crippen molar-refractivity contribution in [2.75, 3.05) is 33.4 Å². The maximum absolute atomic E-state index is 10.9. The van der Waals surface area contributed by atoms with Crippen LogP contribution in [-0.2, 0) is 16.7 Å². The summed E-state index contributed by atoms with van der Waals surface area (Å²) in [6, 6.07) is 19.8. The average Bonchev–Trinajstić information content (AvgIpc) is 2.84. The summed E-state index contributed by atoms with van der Waals surface area (Å²) in [6.45, 7) is 14.5. The zero-order chi connectivity index (χ0) is 26.9. The molecule has 2 aromatic rings. The summed E-state index contributed by atoms with van der Waals surface area (Å²) in [7, 11) is 2.32. The van der Waals surface area contributed by atoms with Crippen LogP contribution in [0.2, 0.25) is 0 Å². The number of likely N-dealkylation sites (N-methyl/N-ethyl adjacent to an activating group) is 1. The third kappa shape index (κ3) is 9.74. The number of aliphatic hydroxyl groups excluding tert-OH is 1. The molecule has 0 unspecified atom stereocenters. The fraction of sp³-hybridized carbons (Fsp3) is 0.636. The molecule has 0 aliphatic heterocycles. The van der Waals surface area contributed by atoms with Crippen LogP contribution in [0.15, 0.2) is 54.6 Å². The number of hydrogen-bond donors (Lipinski definition) is 1. The van der Waals surface area contributed by atoms with Gasteiger partial charge in [-0.15, -0.1) is 0 Å². The Labute approximate surface area is 226 Å². The number of nitrogens with zero attached hydrogens (tertiary/aromatic N) is 1. The van der Waals surface area contributed by atoms with Gasteiger partial charge in [0.1, 0.15) is 31.5 Å². The highest BCUT2D eigenvalue weighted by molar-refractivity contribution is 5.31. The Morgan fingerprint density at radius 3 is 2.16 bits per heavy atom. The molecule has 3 rings (SSSR count). The van der Waals surface area contributed by atoms with Crippen LogP contribution < -0.4 is 4.74 Å². The number of rotatable bonds is 13. The first kappa shape index (κ1) is 29.7. The lowest BCUT2D eigenvalue weighted by molar-refractivity contribution is -0.950. The molecule has 4 heteroatoms. The summed E-state index contributed by atoms with van der Waals surface area (Å²) < 4.78 is 12.6. The van der Waals surface area contributed by atoms with Crippen molar-refractivity contribution in [1.29, 1.82) is 0 Å². The SMILES string of the molecule is CC(C)(C)CC(C)(C)c1ccc(OCCOC[C@@H](O)C[N@+](C)(Cc2ccccc2)C2CCCCC2)cc1. The zero-order valence-electron chi connectivity index (χ0n) is 24.3. The Hall–Kier alpha value is -1.88. The van der Waals surface area contributed by atoms with Crippen LogP contribution in [-0.4, -0.2) is 55.1 Å². The summed E-state index contributed by atoms with van der Waals surface area (Å²) >= 11 is 0. The molecule has 0 amide bonds. The fourth-order valence-corrected chi connectivity index (χ4v) is 6.45. The van der Waals surface area contributed by atoms with Gasteiger partial charge in [-0.05, 0) is 60.6 Å². The molecule has 0 heterocycles. The van der Waals surface area contributed by atoms with Gasteiger partial charge in [0.05, 0.1) is 26.3 Å². The standard InChI is InChI=1S/C33H52NO3/c1-32(2,3)26-33(4,5)28-17-19-31(20-18-28)37-22-21-36-25-30(35)24-34(6,29-15-11-8-12-16-29)23-27-13-9-7-10-14-27/h7,9-10,13-14,17-20,29-30,35H,8,11-12,15-16,21-26H2,1-6H3/q+1/t30-,34-/m0/s1. The lowest BCUT2D eigenvalue weighted by Gasteiger charge is -2.44. The minimum Gasteiger partial charge on any atom is -0.491 e. The molecule has 2 aromatic carbocycles. The van der Waals surface area contributed by atoms with Gasteiger partial charge in [0.25, 0.3) is 0 Å². The van der Waals surface area contributed by atoms with E-state index in [2.05, 4.69) is 96.3 Å². The maximum Gasteiger partial charge on any atom is 0.126 e. The Morgan fingerprint density at radius 1 is 0.892 bits per heavy atom. The smallest absolute Gasteiger partial charge is 0.126 e. The van der Waals surface area contributed by atoms with Crippen molar-refractivity contribution in [2.24, 2.45) is 5.41 Å². The molecule has 1 N–H and O–H groups in total. The van der Waals surface area contributed by atoms with Crippen LogP contribution in [0.5, 0.6) is 5.75 Å². The van der Waals surface area contributed by atoms with Crippen LogP contribution in [0, 0.1) is 5.41 Å². The molecule has 1 saturated carbocycles. The van der Waals surface area contributed by atoms with E-state index in [4.69, 9.17) is 9.47 Å². The molecule has 0 bridgehead atoms. The highest BCUT2D eigenvalue weighted by atomic mass is 16.5. The lowest BCUT2D eigenvalue weighted by Crippen LogP contribution is -2.56. The predicted octanol–water partition coefficient (Wildman–Crippen LogP) is 7.14. The van der Waals surface area contributed by atoms with Gasteiger partial charge in [0.2, 0.25) is 0 Å². The van der Waals surface area contributed by atoms with E-state index in [1.807, 2.05) is 0 Å². The van der Waals surface area contributed by atoms with Crippen molar-refractivity contribution in [3.63, 3.8) is 0 Å². The van der Waals surface area contributed by atoms with E-state index in [1.165, 1.54) is 43.2 Å². The second-order valence-electron chi connectivity index (χ2n) is 13.3. The van der Waals surface area contributed by atoms with Crippen LogP contribution in [0.25, 0.3) is 0 Å². The fourth-order valence-electron chi connectivity index (χ4n) is 6.45. The predicted molar refractivity (Wildman–Crippen MR) is 154 cm³/mol. The van der Waals surface area contributed by atoms with Crippen LogP contribution in [0.1, 0.15) is 84.3 Å². The quantitative estimate of drug-likeness (QED) is 0.230. The molecule has 1 aliphatic carbocycles. The first-order valence-corrected chi connectivity index (χ1v) is 14.3. The topological polar surface area (TPSA) is 38.7 Å². The summed E-state index contributed by atoms with van der Waals surface area (Å²) in [4.78, 5) is 0. The Bertz CT molecular complexity index is 913. The molecule has 1 fully saturated rings. The molecule has 2 atom stereocenters. The van der Waals surface area contributed by atoms with Gasteiger partial charge in [-0.1, -0.05) is 83.5 Å². The number of hydrogen-bond acceptors (Lipinski definition) is 3. The van der Waals surface area contributed by atoms with Gasteiger partial charge in [-0.2, -0.15) is 0 Å². The molecule has 1 aliphatic rings. The second kappa shape index (κ2) is 13.3. The van der Waals surface area contributed by atoms with Gasteiger partial charge in [0.15, 0.2) is 0 Å². The van der Waals surface area contributed by atoms with Crippen molar-refractivity contribution in [3.8, 4) is 5.75 Å². The van der Waals surface area contributed by atoms with E-state index in [0.29, 0.717) is 32.4 Å². The lowest BCUT2D eigenvalue weighted by atomic mass is 9.72. The first-order chi connectivity index (χ1) is 17.5. The summed E-state index contributed by atoms with van der Waals surface area (Å²) in [5.41, 5.74) is 3.09. The van der Waals surface area contributed by atoms with Crippen molar-refractivity contribution in [2.45, 2.75) is 97.2 Å². The minimum absolute atomic E-state index is 0.126. The Morgan fingerprint density at radius 2 is 1.54 bits per heavy atom. The number of quaternary nitrogens is 1. The Kier molecular flexibility index (Phi) is 10.6. The van der Waals surface area contributed by atoms with E-state index >= 15 is 0 Å². The number of benzene rings is 2. The van der Waals surface area contributed by atoms with Gasteiger partial charge >= 0.3 is 0 Å². The molecule has 0 aromatic heterocycles. The third-order valence-corrected chi connectivity index (χ3v) is 7.89. The van der Waals surface area contributed by atoms with Crippen molar-refractivity contribution >= 4 is 0 Å². The van der Waals surface area contributed by atoms with Gasteiger partial charge in [-0.3, -0.25) is 0 Å². The van der Waals surface area contributed by atoms with Gasteiger partial charge in [-0.25, -0.2) is 0 Å². The monoisotopic (exact) mass is 510 g/mol. The van der Waals surface area contributed by atoms with E-state index in [0.717, 1.165) is 23.2 Å². The minimum atomic E-state index is -0.486. The van der Waals surface area contributed by atoms with Crippen LogP contribution in [0.4, 0.5) is 0 Å². The summed E-state index contributed by atoms with van der Waals surface area (Å²) in [6.07, 6.45) is 7.07. The highest BCUT2D eigenvalue weighted by Gasteiger charge is 2.36. The maximum atomic E-state index is 10.9.